The topological polar surface area (TPSA) is 101 Å². The fourth-order valence-corrected chi connectivity index (χ4v) is 1.19. The lowest BCUT2D eigenvalue weighted by molar-refractivity contribution is -0.125. The summed E-state index contributed by atoms with van der Waals surface area (Å²) < 4.78 is 0. The van der Waals surface area contributed by atoms with Gasteiger partial charge in [-0.15, -0.1) is 5.10 Å². The number of aromatic amines is 1. The Morgan fingerprint density at radius 3 is 2.92 bits per heavy atom. The lowest BCUT2D eigenvalue weighted by atomic mass is 9.99. The number of tetrazole rings is 1. The number of carbonyl (C=O) groups is 1. The number of aromatic nitrogens is 4. The number of hydrogen-bond acceptors (Lipinski definition) is 5. The van der Waals surface area contributed by atoms with Crippen molar-refractivity contribution in [2.24, 2.45) is 5.73 Å². The predicted molar refractivity (Wildman–Crippen MR) is 39.1 cm³/mol. The minimum absolute atomic E-state index is 0.0462. The maximum Gasteiger partial charge on any atom is 0.272 e. The van der Waals surface area contributed by atoms with Gasteiger partial charge in [-0.25, -0.2) is 0 Å². The minimum Gasteiger partial charge on any atom is -0.318 e. The molecule has 0 unspecified atom stereocenters. The van der Waals surface area contributed by atoms with E-state index < -0.39 is 6.04 Å². The number of hydrogen-bond donors (Lipinski definition) is 2. The van der Waals surface area contributed by atoms with Gasteiger partial charge < -0.3 is 5.73 Å². The summed E-state index contributed by atoms with van der Waals surface area (Å²) in [6.07, 6.45) is 0. The Bertz CT molecular complexity index is 295. The molecule has 0 spiro atoms. The minimum atomic E-state index is -0.427. The third kappa shape index (κ3) is 0.735. The monoisotopic (exact) mass is 168 g/mol. The molecule has 3 N–H and O–H groups in total. The number of nitrogens with one attached hydrogen (secondary N) is 1. The molecular weight excluding hydrogens is 160 g/mol. The van der Waals surface area contributed by atoms with Crippen LogP contribution in [0.5, 0.6) is 0 Å². The maximum atomic E-state index is 11.1. The Labute approximate surface area is 67.9 Å². The highest BCUT2D eigenvalue weighted by Crippen LogP contribution is 2.21. The van der Waals surface area contributed by atoms with Gasteiger partial charge in [-0.05, 0) is 12.1 Å². The van der Waals surface area contributed by atoms with Crippen LogP contribution in [-0.2, 0) is 4.79 Å². The Balaban J connectivity index is 2.23. The molecule has 0 radical (unpaired) electrons. The number of H-pyrrole nitrogens is 1. The van der Waals surface area contributed by atoms with Crippen molar-refractivity contribution in [2.75, 3.05) is 4.90 Å². The van der Waals surface area contributed by atoms with E-state index in [1.165, 1.54) is 4.90 Å². The van der Waals surface area contributed by atoms with Crippen LogP contribution in [0.3, 0.4) is 0 Å². The number of nitrogens with zero attached hydrogens (tertiary/aromatic N) is 4. The molecular formula is C5H8N6O. The summed E-state index contributed by atoms with van der Waals surface area (Å²) in [7, 11) is 0. The highest BCUT2D eigenvalue weighted by Gasteiger charge is 2.44. The first-order valence-corrected chi connectivity index (χ1v) is 3.54. The first-order chi connectivity index (χ1) is 5.72. The highest BCUT2D eigenvalue weighted by molar-refractivity contribution is 6.03. The second kappa shape index (κ2) is 2.24. The van der Waals surface area contributed by atoms with Gasteiger partial charge in [0.25, 0.3) is 5.95 Å². The number of carbonyl (C=O) groups excluding carboxylic acids is 1. The summed E-state index contributed by atoms with van der Waals surface area (Å²) in [4.78, 5) is 12.6. The Kier molecular flexibility index (Phi) is 1.34. The van der Waals surface area contributed by atoms with Crippen LogP contribution in [-0.4, -0.2) is 38.6 Å². The summed E-state index contributed by atoms with van der Waals surface area (Å²) in [5.41, 5.74) is 5.48. The van der Waals surface area contributed by atoms with Crippen molar-refractivity contribution < 1.29 is 4.79 Å². The SMILES string of the molecule is C[C@@H]1[C@@H](N)C(=O)N1c1nn[nH]n1. The Morgan fingerprint density at radius 2 is 2.42 bits per heavy atom. The molecule has 1 aliphatic heterocycles. The highest BCUT2D eigenvalue weighted by atomic mass is 16.2. The third-order valence-electron chi connectivity index (χ3n) is 2.00. The normalized spacial score (nSPS) is 28.8. The molecule has 7 nitrogen and oxygen atoms in total. The second-order valence-corrected chi connectivity index (χ2v) is 2.69. The standard InChI is InChI=1S/C5H8N6O/c1-2-3(6)4(12)11(2)5-7-9-10-8-5/h2-3H,6H2,1H3,(H,7,8,9,10)/t2-,3-/m1/s1. The Hall–Kier alpha value is -1.50. The largest absolute Gasteiger partial charge is 0.318 e. The van der Waals surface area contributed by atoms with Crippen LogP contribution in [0.15, 0.2) is 0 Å². The zero-order valence-electron chi connectivity index (χ0n) is 6.43. The molecule has 0 bridgehead atoms. The molecule has 12 heavy (non-hydrogen) atoms. The van der Waals surface area contributed by atoms with Crippen molar-refractivity contribution in [3.05, 3.63) is 0 Å². The van der Waals surface area contributed by atoms with Crippen LogP contribution in [0.2, 0.25) is 0 Å². The third-order valence-corrected chi connectivity index (χ3v) is 2.00. The number of β-lactam (4-membered cyclic amide) rings is 1. The number of anilines is 1. The maximum absolute atomic E-state index is 11.1. The van der Waals surface area contributed by atoms with Gasteiger partial charge in [0.15, 0.2) is 0 Å². The smallest absolute Gasteiger partial charge is 0.272 e. The van der Waals surface area contributed by atoms with Crippen molar-refractivity contribution in [1.82, 2.24) is 20.6 Å². The molecule has 64 valence electrons. The molecule has 1 aromatic heterocycles. The molecule has 1 aliphatic rings. The van der Waals surface area contributed by atoms with Gasteiger partial charge in [-0.2, -0.15) is 5.21 Å². The van der Waals surface area contributed by atoms with Crippen molar-refractivity contribution >= 4 is 11.9 Å². The van der Waals surface area contributed by atoms with Crippen LogP contribution in [0.4, 0.5) is 5.95 Å². The van der Waals surface area contributed by atoms with Gasteiger partial charge in [0.2, 0.25) is 5.91 Å². The molecule has 7 heteroatoms. The fourth-order valence-electron chi connectivity index (χ4n) is 1.19. The van der Waals surface area contributed by atoms with Gasteiger partial charge >= 0.3 is 0 Å². The molecule has 2 atom stereocenters. The van der Waals surface area contributed by atoms with Crippen LogP contribution in [0.1, 0.15) is 6.92 Å². The summed E-state index contributed by atoms with van der Waals surface area (Å²) in [6, 6.07) is -0.474. The summed E-state index contributed by atoms with van der Waals surface area (Å²) in [5, 5.41) is 13.0. The summed E-state index contributed by atoms with van der Waals surface area (Å²) in [6.45, 7) is 1.84. The van der Waals surface area contributed by atoms with Gasteiger partial charge in [0.05, 0.1) is 6.04 Å². The van der Waals surface area contributed by atoms with E-state index in [1.807, 2.05) is 6.92 Å². The molecule has 1 fully saturated rings. The van der Waals surface area contributed by atoms with E-state index in [9.17, 15) is 4.79 Å². The molecule has 1 saturated heterocycles. The van der Waals surface area contributed by atoms with E-state index in [4.69, 9.17) is 5.73 Å². The van der Waals surface area contributed by atoms with E-state index in [2.05, 4.69) is 20.6 Å². The van der Waals surface area contributed by atoms with Crippen LogP contribution >= 0.6 is 0 Å². The van der Waals surface area contributed by atoms with Gasteiger partial charge in [-0.1, -0.05) is 5.10 Å². The second-order valence-electron chi connectivity index (χ2n) is 2.69. The first kappa shape index (κ1) is 7.17. The quantitative estimate of drug-likeness (QED) is 0.485. The molecule has 1 amide bonds. The number of nitrogens with two attached hydrogens (primary N) is 1. The van der Waals surface area contributed by atoms with E-state index in [0.29, 0.717) is 0 Å². The van der Waals surface area contributed by atoms with Crippen LogP contribution in [0, 0.1) is 0 Å². The summed E-state index contributed by atoms with van der Waals surface area (Å²) >= 11 is 0. The molecule has 2 rings (SSSR count). The van der Waals surface area contributed by atoms with E-state index in [-0.39, 0.29) is 17.9 Å². The average Bonchev–Trinajstić information content (AvgIpc) is 2.57. The van der Waals surface area contributed by atoms with E-state index >= 15 is 0 Å². The van der Waals surface area contributed by atoms with Crippen molar-refractivity contribution in [1.29, 1.82) is 0 Å². The first-order valence-electron chi connectivity index (χ1n) is 3.54. The van der Waals surface area contributed by atoms with Gasteiger partial charge in [-0.3, -0.25) is 9.69 Å². The fraction of sp³-hybridized carbons (Fsp3) is 0.600. The van der Waals surface area contributed by atoms with Crippen molar-refractivity contribution in [2.45, 2.75) is 19.0 Å². The number of amides is 1. The zero-order valence-corrected chi connectivity index (χ0v) is 6.43. The van der Waals surface area contributed by atoms with Gasteiger partial charge in [0, 0.05) is 0 Å². The zero-order chi connectivity index (χ0) is 8.72. The van der Waals surface area contributed by atoms with Crippen LogP contribution in [0.25, 0.3) is 0 Å². The van der Waals surface area contributed by atoms with Gasteiger partial charge in [0.1, 0.15) is 6.04 Å². The van der Waals surface area contributed by atoms with E-state index in [0.717, 1.165) is 0 Å². The lowest BCUT2D eigenvalue weighted by Gasteiger charge is -2.40. The summed E-state index contributed by atoms with van der Waals surface area (Å²) in [5.74, 6) is 0.123. The lowest BCUT2D eigenvalue weighted by Crippen LogP contribution is -2.68. The van der Waals surface area contributed by atoms with Crippen LogP contribution < -0.4 is 10.6 Å². The Morgan fingerprint density at radius 1 is 1.67 bits per heavy atom. The number of rotatable bonds is 1. The molecule has 0 aliphatic carbocycles. The van der Waals surface area contributed by atoms with Crippen molar-refractivity contribution in [3.8, 4) is 0 Å². The molecule has 1 aromatic rings. The predicted octanol–water partition coefficient (Wildman–Crippen LogP) is -1.74. The molecule has 0 aromatic carbocycles. The molecule has 2 heterocycles. The molecule has 0 saturated carbocycles. The van der Waals surface area contributed by atoms with Crippen molar-refractivity contribution in [3.63, 3.8) is 0 Å². The average molecular weight is 168 g/mol. The van der Waals surface area contributed by atoms with E-state index in [1.54, 1.807) is 0 Å².